The minimum absolute atomic E-state index is 0.0323. The van der Waals surface area contributed by atoms with Gasteiger partial charge in [0.05, 0.1) is 12.0 Å². The number of allylic oxidation sites excluding steroid dienone is 1. The van der Waals surface area contributed by atoms with E-state index in [1.54, 1.807) is 0 Å². The van der Waals surface area contributed by atoms with Crippen LogP contribution in [0.3, 0.4) is 0 Å². The van der Waals surface area contributed by atoms with Gasteiger partial charge in [0.1, 0.15) is 5.84 Å². The van der Waals surface area contributed by atoms with E-state index in [9.17, 15) is 4.79 Å². The number of hydrogen-bond acceptors (Lipinski definition) is 3. The number of hydrogen-bond donors (Lipinski definition) is 1. The number of amidine groups is 1. The third-order valence-electron chi connectivity index (χ3n) is 4.35. The van der Waals surface area contributed by atoms with Gasteiger partial charge in [-0.15, -0.1) is 0 Å². The zero-order valence-corrected chi connectivity index (χ0v) is 14.4. The van der Waals surface area contributed by atoms with E-state index in [-0.39, 0.29) is 28.7 Å². The molecule has 2 aliphatic heterocycles. The highest BCUT2D eigenvalue weighted by molar-refractivity contribution is 5.92. The molecule has 0 aromatic rings. The molecule has 0 bridgehead atoms. The fourth-order valence-electron chi connectivity index (χ4n) is 3.62. The van der Waals surface area contributed by atoms with E-state index >= 15 is 0 Å². The highest BCUT2D eigenvalue weighted by atomic mass is 16.1. The van der Waals surface area contributed by atoms with Crippen LogP contribution in [0.25, 0.3) is 0 Å². The average Bonchev–Trinajstić information content (AvgIpc) is 2.68. The minimum atomic E-state index is -0.203. The summed E-state index contributed by atoms with van der Waals surface area (Å²) in [6, 6.07) is 0.164. The first-order chi connectivity index (χ1) is 9.43. The number of amides is 1. The zero-order chi connectivity index (χ0) is 16.2. The monoisotopic (exact) mass is 291 g/mol. The lowest BCUT2D eigenvalue weighted by atomic mass is 9.79. The van der Waals surface area contributed by atoms with Crippen LogP contribution in [0.5, 0.6) is 0 Å². The van der Waals surface area contributed by atoms with Gasteiger partial charge in [0.25, 0.3) is 0 Å². The van der Waals surface area contributed by atoms with Crippen LogP contribution in [0.15, 0.2) is 16.3 Å². The molecule has 1 amide bonds. The van der Waals surface area contributed by atoms with Crippen molar-refractivity contribution in [3.05, 3.63) is 11.3 Å². The number of carbonyl (C=O) groups excluding carboxylic acids is 1. The van der Waals surface area contributed by atoms with Crippen LogP contribution in [0.4, 0.5) is 0 Å². The number of primary amides is 1. The molecule has 4 heteroatoms. The number of nitrogens with two attached hydrogens (primary N) is 1. The van der Waals surface area contributed by atoms with Crippen molar-refractivity contribution in [1.82, 2.24) is 4.90 Å². The molecule has 118 valence electrons. The summed E-state index contributed by atoms with van der Waals surface area (Å²) in [6.45, 7) is 16.0. The zero-order valence-electron chi connectivity index (χ0n) is 14.4. The maximum Gasteiger partial charge on any atom is 0.222 e. The molecule has 2 rings (SSSR count). The molecule has 0 radical (unpaired) electrons. The SMILES string of the molecule is C[C@@H]1N=C(C(C)(C)C)N2C[C@@H](C(N)=O)CC2=C1C(C)(C)C. The van der Waals surface area contributed by atoms with Crippen molar-refractivity contribution in [1.29, 1.82) is 0 Å². The first-order valence-electron chi connectivity index (χ1n) is 7.81. The largest absolute Gasteiger partial charge is 0.369 e. The van der Waals surface area contributed by atoms with Crippen molar-refractivity contribution < 1.29 is 4.79 Å². The molecule has 0 aromatic heterocycles. The summed E-state index contributed by atoms with van der Waals surface area (Å²) in [5.41, 5.74) is 8.21. The van der Waals surface area contributed by atoms with E-state index in [2.05, 4.69) is 53.4 Å². The van der Waals surface area contributed by atoms with Gasteiger partial charge in [0.2, 0.25) is 5.91 Å². The van der Waals surface area contributed by atoms with Crippen LogP contribution in [0, 0.1) is 16.7 Å². The minimum Gasteiger partial charge on any atom is -0.369 e. The molecule has 4 nitrogen and oxygen atoms in total. The summed E-state index contributed by atoms with van der Waals surface area (Å²) in [5, 5.41) is 0. The summed E-state index contributed by atoms with van der Waals surface area (Å²) in [5.74, 6) is 0.781. The van der Waals surface area contributed by atoms with Gasteiger partial charge in [-0.1, -0.05) is 41.5 Å². The third-order valence-corrected chi connectivity index (χ3v) is 4.35. The van der Waals surface area contributed by atoms with E-state index in [1.165, 1.54) is 11.3 Å². The van der Waals surface area contributed by atoms with E-state index in [0.29, 0.717) is 6.54 Å². The van der Waals surface area contributed by atoms with Crippen molar-refractivity contribution in [2.75, 3.05) is 6.54 Å². The lowest BCUT2D eigenvalue weighted by Gasteiger charge is -2.41. The van der Waals surface area contributed by atoms with Gasteiger partial charge >= 0.3 is 0 Å². The second-order valence-electron chi connectivity index (χ2n) is 8.40. The molecule has 2 heterocycles. The Morgan fingerprint density at radius 1 is 1.19 bits per heavy atom. The Morgan fingerprint density at radius 3 is 2.19 bits per heavy atom. The molecule has 1 fully saturated rings. The van der Waals surface area contributed by atoms with E-state index in [1.807, 2.05) is 0 Å². The highest BCUT2D eigenvalue weighted by Gasteiger charge is 2.43. The predicted octanol–water partition coefficient (Wildman–Crippen LogP) is 2.94. The molecule has 2 aliphatic rings. The van der Waals surface area contributed by atoms with Gasteiger partial charge in [-0.05, 0) is 17.9 Å². The van der Waals surface area contributed by atoms with Crippen LogP contribution in [-0.2, 0) is 4.79 Å². The predicted molar refractivity (Wildman–Crippen MR) is 86.8 cm³/mol. The summed E-state index contributed by atoms with van der Waals surface area (Å²) in [6.07, 6.45) is 0.751. The molecule has 1 saturated heterocycles. The molecule has 2 atom stereocenters. The molecular weight excluding hydrogens is 262 g/mol. The van der Waals surface area contributed by atoms with Gasteiger partial charge < -0.3 is 10.6 Å². The normalized spacial score (nSPS) is 26.8. The fourth-order valence-corrected chi connectivity index (χ4v) is 3.62. The topological polar surface area (TPSA) is 58.7 Å². The van der Waals surface area contributed by atoms with Crippen molar-refractivity contribution >= 4 is 11.7 Å². The number of rotatable bonds is 1. The molecular formula is C17H29N3O. The Morgan fingerprint density at radius 2 is 1.76 bits per heavy atom. The molecule has 21 heavy (non-hydrogen) atoms. The Hall–Kier alpha value is -1.32. The summed E-state index contributed by atoms with van der Waals surface area (Å²) in [7, 11) is 0. The van der Waals surface area contributed by atoms with Gasteiger partial charge in [0.15, 0.2) is 0 Å². The van der Waals surface area contributed by atoms with Gasteiger partial charge in [-0.25, -0.2) is 0 Å². The molecule has 0 saturated carbocycles. The molecule has 0 aliphatic carbocycles. The van der Waals surface area contributed by atoms with Gasteiger partial charge in [0, 0.05) is 24.1 Å². The van der Waals surface area contributed by atoms with E-state index in [4.69, 9.17) is 10.7 Å². The standard InChI is InChI=1S/C17H29N3O/c1-10-13(16(2,3)4)12-8-11(14(18)21)9-20(12)15(19-10)17(5,6)7/h10-11H,8-9H2,1-7H3,(H2,18,21)/t10-,11-/m0/s1. The first-order valence-corrected chi connectivity index (χ1v) is 7.81. The number of carbonyl (C=O) groups is 1. The maximum absolute atomic E-state index is 11.7. The Balaban J connectivity index is 2.54. The highest BCUT2D eigenvalue weighted by Crippen LogP contribution is 2.44. The summed E-state index contributed by atoms with van der Waals surface area (Å²) in [4.78, 5) is 18.9. The summed E-state index contributed by atoms with van der Waals surface area (Å²) < 4.78 is 0. The first kappa shape index (κ1) is 16.1. The van der Waals surface area contributed by atoms with Crippen LogP contribution in [-0.4, -0.2) is 29.2 Å². The number of fused-ring (bicyclic) bond motifs is 1. The Labute approximate surface area is 128 Å². The quantitative estimate of drug-likeness (QED) is 0.807. The number of nitrogens with zero attached hydrogens (tertiary/aromatic N) is 2. The molecule has 0 unspecified atom stereocenters. The Kier molecular flexibility index (Phi) is 3.71. The number of aliphatic imine (C=N–C) groups is 1. The van der Waals surface area contributed by atoms with Crippen molar-refractivity contribution in [3.63, 3.8) is 0 Å². The van der Waals surface area contributed by atoms with Crippen molar-refractivity contribution in [2.45, 2.75) is 60.9 Å². The van der Waals surface area contributed by atoms with Crippen LogP contribution in [0.2, 0.25) is 0 Å². The van der Waals surface area contributed by atoms with Crippen molar-refractivity contribution in [3.8, 4) is 0 Å². The molecule has 0 spiro atoms. The smallest absolute Gasteiger partial charge is 0.222 e. The van der Waals surface area contributed by atoms with Crippen molar-refractivity contribution in [2.24, 2.45) is 27.5 Å². The average molecular weight is 291 g/mol. The lowest BCUT2D eigenvalue weighted by Crippen LogP contribution is -2.43. The second kappa shape index (κ2) is 4.85. The fraction of sp³-hybridized carbons (Fsp3) is 0.765. The van der Waals surface area contributed by atoms with Gasteiger partial charge in [-0.2, -0.15) is 0 Å². The van der Waals surface area contributed by atoms with Gasteiger partial charge in [-0.3, -0.25) is 9.79 Å². The van der Waals surface area contributed by atoms with Crippen LogP contribution < -0.4 is 5.73 Å². The lowest BCUT2D eigenvalue weighted by molar-refractivity contribution is -0.121. The Bertz CT molecular complexity index is 517. The summed E-state index contributed by atoms with van der Waals surface area (Å²) >= 11 is 0. The van der Waals surface area contributed by atoms with Crippen LogP contribution in [0.1, 0.15) is 54.9 Å². The second-order valence-corrected chi connectivity index (χ2v) is 8.40. The van der Waals surface area contributed by atoms with E-state index < -0.39 is 0 Å². The molecule has 0 aromatic carbocycles. The van der Waals surface area contributed by atoms with E-state index in [0.717, 1.165) is 12.3 Å². The molecule has 2 N–H and O–H groups in total. The van der Waals surface area contributed by atoms with Crippen LogP contribution >= 0.6 is 0 Å². The maximum atomic E-state index is 11.7. The third kappa shape index (κ3) is 2.85.